The fourth-order valence-electron chi connectivity index (χ4n) is 2.61. The molecule has 3 aromatic rings. The smallest absolute Gasteiger partial charge is 0.234 e. The molecule has 1 aliphatic carbocycles. The van der Waals surface area contributed by atoms with Crippen molar-refractivity contribution in [2.75, 3.05) is 11.1 Å². The Morgan fingerprint density at radius 1 is 1.23 bits per heavy atom. The third kappa shape index (κ3) is 3.90. The van der Waals surface area contributed by atoms with Crippen LogP contribution in [0.4, 0.5) is 5.69 Å². The lowest BCUT2D eigenvalue weighted by molar-refractivity contribution is -0.113. The third-order valence-electron chi connectivity index (χ3n) is 3.98. The van der Waals surface area contributed by atoms with Crippen LogP contribution in [0.15, 0.2) is 53.9 Å². The fraction of sp³-hybridized carbons (Fsp3) is 0.222. The molecule has 0 saturated heterocycles. The number of carbonyl (C=O) groups is 1. The van der Waals surface area contributed by atoms with Crippen molar-refractivity contribution in [1.82, 2.24) is 19.7 Å². The number of amides is 1. The Balaban J connectivity index is 1.48. The molecular formula is C18H16IN5OS. The van der Waals surface area contributed by atoms with Crippen LogP contribution >= 0.6 is 34.4 Å². The molecule has 26 heavy (non-hydrogen) atoms. The number of benzene rings is 1. The highest BCUT2D eigenvalue weighted by molar-refractivity contribution is 14.1. The van der Waals surface area contributed by atoms with E-state index in [4.69, 9.17) is 0 Å². The van der Waals surface area contributed by atoms with E-state index in [-0.39, 0.29) is 5.91 Å². The average molecular weight is 477 g/mol. The average Bonchev–Trinajstić information content (AvgIpc) is 3.42. The molecule has 2 aromatic heterocycles. The topological polar surface area (TPSA) is 72.7 Å². The zero-order chi connectivity index (χ0) is 17.9. The Morgan fingerprint density at radius 2 is 2.08 bits per heavy atom. The molecule has 1 saturated carbocycles. The van der Waals surface area contributed by atoms with Gasteiger partial charge in [-0.3, -0.25) is 14.3 Å². The van der Waals surface area contributed by atoms with E-state index >= 15 is 0 Å². The minimum atomic E-state index is -0.0487. The number of para-hydroxylation sites is 1. The number of hydrogen-bond donors (Lipinski definition) is 1. The predicted molar refractivity (Wildman–Crippen MR) is 110 cm³/mol. The van der Waals surface area contributed by atoms with Gasteiger partial charge in [0.25, 0.3) is 0 Å². The van der Waals surface area contributed by atoms with Crippen molar-refractivity contribution in [1.29, 1.82) is 0 Å². The molecule has 1 aromatic carbocycles. The molecule has 4 rings (SSSR count). The summed E-state index contributed by atoms with van der Waals surface area (Å²) in [7, 11) is 0. The molecule has 0 spiro atoms. The van der Waals surface area contributed by atoms with E-state index in [1.165, 1.54) is 11.8 Å². The molecule has 132 valence electrons. The number of hydrogen-bond acceptors (Lipinski definition) is 5. The van der Waals surface area contributed by atoms with Crippen LogP contribution in [0.1, 0.15) is 18.9 Å². The van der Waals surface area contributed by atoms with Gasteiger partial charge in [0.15, 0.2) is 11.0 Å². The second-order valence-electron chi connectivity index (χ2n) is 5.97. The van der Waals surface area contributed by atoms with Gasteiger partial charge in [0.05, 0.1) is 11.4 Å². The van der Waals surface area contributed by atoms with Gasteiger partial charge in [0.2, 0.25) is 5.91 Å². The molecule has 1 N–H and O–H groups in total. The third-order valence-corrected chi connectivity index (χ3v) is 5.86. The number of carbonyl (C=O) groups excluding carboxylic acids is 1. The first-order valence-corrected chi connectivity index (χ1v) is 10.3. The van der Waals surface area contributed by atoms with E-state index in [0.29, 0.717) is 11.8 Å². The normalized spacial score (nSPS) is 13.6. The Bertz CT molecular complexity index is 926. The van der Waals surface area contributed by atoms with Crippen LogP contribution in [0.25, 0.3) is 11.4 Å². The van der Waals surface area contributed by atoms with Crippen LogP contribution in [-0.4, -0.2) is 31.4 Å². The summed E-state index contributed by atoms with van der Waals surface area (Å²) in [5.74, 6) is 1.07. The summed E-state index contributed by atoms with van der Waals surface area (Å²) in [5, 5.41) is 12.4. The number of anilines is 1. The SMILES string of the molecule is O=C(CSc1nnc(-c2cccnc2)n1C1CC1)Nc1ccccc1I. The van der Waals surface area contributed by atoms with Crippen LogP contribution in [0.2, 0.25) is 0 Å². The fourth-order valence-corrected chi connectivity index (χ4v) is 3.94. The van der Waals surface area contributed by atoms with Crippen molar-refractivity contribution in [3.63, 3.8) is 0 Å². The lowest BCUT2D eigenvalue weighted by Crippen LogP contribution is -2.15. The molecule has 0 radical (unpaired) electrons. The summed E-state index contributed by atoms with van der Waals surface area (Å²) in [5.41, 5.74) is 1.78. The molecule has 0 bridgehead atoms. The van der Waals surface area contributed by atoms with Crippen LogP contribution in [0, 0.1) is 3.57 Å². The van der Waals surface area contributed by atoms with Crippen LogP contribution < -0.4 is 5.32 Å². The van der Waals surface area contributed by atoms with Gasteiger partial charge in [-0.1, -0.05) is 23.9 Å². The molecule has 8 heteroatoms. The number of aromatic nitrogens is 4. The highest BCUT2D eigenvalue weighted by Gasteiger charge is 2.30. The maximum absolute atomic E-state index is 12.3. The Morgan fingerprint density at radius 3 is 2.81 bits per heavy atom. The molecule has 1 fully saturated rings. The second-order valence-corrected chi connectivity index (χ2v) is 8.07. The van der Waals surface area contributed by atoms with Gasteiger partial charge < -0.3 is 5.32 Å². The lowest BCUT2D eigenvalue weighted by Gasteiger charge is -2.09. The Kier molecular flexibility index (Phi) is 5.21. The minimum Gasteiger partial charge on any atom is -0.324 e. The second kappa shape index (κ2) is 7.75. The zero-order valence-corrected chi connectivity index (χ0v) is 16.8. The quantitative estimate of drug-likeness (QED) is 0.429. The lowest BCUT2D eigenvalue weighted by atomic mass is 10.3. The van der Waals surface area contributed by atoms with E-state index in [1.807, 2.05) is 36.4 Å². The molecule has 0 unspecified atom stereocenters. The van der Waals surface area contributed by atoms with E-state index in [0.717, 1.165) is 38.6 Å². The summed E-state index contributed by atoms with van der Waals surface area (Å²) in [6, 6.07) is 12.0. The van der Waals surface area contributed by atoms with E-state index < -0.39 is 0 Å². The van der Waals surface area contributed by atoms with E-state index in [9.17, 15) is 4.79 Å². The van der Waals surface area contributed by atoms with Gasteiger partial charge in [-0.25, -0.2) is 0 Å². The first kappa shape index (κ1) is 17.5. The van der Waals surface area contributed by atoms with Crippen molar-refractivity contribution in [3.8, 4) is 11.4 Å². The number of halogens is 1. The predicted octanol–water partition coefficient (Wildman–Crippen LogP) is 4.01. The van der Waals surface area contributed by atoms with E-state index in [1.54, 1.807) is 12.4 Å². The molecule has 1 aliphatic rings. The molecule has 0 atom stereocenters. The van der Waals surface area contributed by atoms with Gasteiger partial charge in [-0.2, -0.15) is 0 Å². The summed E-state index contributed by atoms with van der Waals surface area (Å²) in [6.45, 7) is 0. The number of nitrogens with one attached hydrogen (secondary N) is 1. The highest BCUT2D eigenvalue weighted by atomic mass is 127. The molecule has 0 aliphatic heterocycles. The first-order chi connectivity index (χ1) is 12.7. The zero-order valence-electron chi connectivity index (χ0n) is 13.8. The number of rotatable bonds is 6. The van der Waals surface area contributed by atoms with Crippen LogP contribution in [0.3, 0.4) is 0 Å². The summed E-state index contributed by atoms with van der Waals surface area (Å²) >= 11 is 3.63. The van der Waals surface area contributed by atoms with Gasteiger partial charge >= 0.3 is 0 Å². The van der Waals surface area contributed by atoms with Gasteiger partial charge in [0, 0.05) is 27.6 Å². The Hall–Kier alpha value is -1.94. The standard InChI is InChI=1S/C18H16IN5OS/c19-14-5-1-2-6-15(14)21-16(25)11-26-18-23-22-17(24(18)13-7-8-13)12-4-3-9-20-10-12/h1-6,9-10,13H,7-8,11H2,(H,21,25). The molecule has 1 amide bonds. The molecule has 6 nitrogen and oxygen atoms in total. The summed E-state index contributed by atoms with van der Waals surface area (Å²) in [4.78, 5) is 16.5. The maximum atomic E-state index is 12.3. The van der Waals surface area contributed by atoms with Crippen LogP contribution in [0.5, 0.6) is 0 Å². The summed E-state index contributed by atoms with van der Waals surface area (Å²) in [6.07, 6.45) is 5.77. The molecule has 2 heterocycles. The number of pyridine rings is 1. The van der Waals surface area contributed by atoms with Crippen LogP contribution in [-0.2, 0) is 4.79 Å². The van der Waals surface area contributed by atoms with Crippen molar-refractivity contribution < 1.29 is 4.79 Å². The van der Waals surface area contributed by atoms with Gasteiger partial charge in [0.1, 0.15) is 0 Å². The van der Waals surface area contributed by atoms with Crippen molar-refractivity contribution in [3.05, 3.63) is 52.4 Å². The van der Waals surface area contributed by atoms with Crippen molar-refractivity contribution in [2.24, 2.45) is 0 Å². The maximum Gasteiger partial charge on any atom is 0.234 e. The van der Waals surface area contributed by atoms with Crippen molar-refractivity contribution >= 4 is 45.9 Å². The largest absolute Gasteiger partial charge is 0.324 e. The summed E-state index contributed by atoms with van der Waals surface area (Å²) < 4.78 is 3.16. The number of thioether (sulfide) groups is 1. The first-order valence-electron chi connectivity index (χ1n) is 8.25. The monoisotopic (exact) mass is 477 g/mol. The van der Waals surface area contributed by atoms with Crippen molar-refractivity contribution in [2.45, 2.75) is 24.0 Å². The van der Waals surface area contributed by atoms with Gasteiger partial charge in [-0.15, -0.1) is 10.2 Å². The highest BCUT2D eigenvalue weighted by Crippen LogP contribution is 2.40. The minimum absolute atomic E-state index is 0.0487. The Labute approximate surface area is 169 Å². The van der Waals surface area contributed by atoms with E-state index in [2.05, 4.69) is 47.7 Å². The molecular weight excluding hydrogens is 461 g/mol. The number of nitrogens with zero attached hydrogens (tertiary/aromatic N) is 4. The van der Waals surface area contributed by atoms with Gasteiger partial charge in [-0.05, 0) is 59.7 Å².